The zero-order chi connectivity index (χ0) is 34.0. The molecule has 48 heavy (non-hydrogen) atoms. The van der Waals surface area contributed by atoms with Crippen LogP contribution in [-0.2, 0) is 0 Å². The molecule has 0 amide bonds. The summed E-state index contributed by atoms with van der Waals surface area (Å²) in [6.07, 6.45) is 16.8. The molecule has 0 aliphatic heterocycles. The minimum Gasteiger partial charge on any atom is -0.398 e. The van der Waals surface area contributed by atoms with E-state index < -0.39 is 0 Å². The van der Waals surface area contributed by atoms with Gasteiger partial charge < -0.3 is 5.73 Å². The standard InChI is InChI=1S/C46H44N2/c1-7-8-24-43(32(2)3)45(47)34(5)46(38-22-16-11-17-23-38)48-35(6)39-25-26-41-31-42(28-27-40(41)30-39)44(37-20-14-10-15-21-37)29-33(4)36-18-12-9-13-19-36/h7-9,11-14,16-31H,1,4,6,10,15,47H2,2-3,5H3/b24-8-,44-29-,45-34-,48-46?. The molecule has 1 aliphatic rings. The van der Waals surface area contributed by atoms with E-state index in [0.29, 0.717) is 11.4 Å². The van der Waals surface area contributed by atoms with Gasteiger partial charge in [-0.15, -0.1) is 0 Å². The van der Waals surface area contributed by atoms with Crippen LogP contribution < -0.4 is 5.73 Å². The van der Waals surface area contributed by atoms with Gasteiger partial charge in [-0.25, -0.2) is 4.99 Å². The number of rotatable bonds is 11. The van der Waals surface area contributed by atoms with E-state index in [4.69, 9.17) is 10.7 Å². The predicted molar refractivity (Wildman–Crippen MR) is 210 cm³/mol. The average molecular weight is 625 g/mol. The third kappa shape index (κ3) is 7.97. The first-order valence-electron chi connectivity index (χ1n) is 16.4. The highest BCUT2D eigenvalue weighted by Crippen LogP contribution is 2.33. The van der Waals surface area contributed by atoms with Crippen LogP contribution in [0, 0.1) is 0 Å². The minimum absolute atomic E-state index is 0.671. The molecular weight excluding hydrogens is 581 g/mol. The van der Waals surface area contributed by atoms with Crippen LogP contribution in [0.3, 0.4) is 0 Å². The summed E-state index contributed by atoms with van der Waals surface area (Å²) in [7, 11) is 0. The van der Waals surface area contributed by atoms with Crippen LogP contribution in [0.4, 0.5) is 0 Å². The van der Waals surface area contributed by atoms with Crippen LogP contribution in [0.5, 0.6) is 0 Å². The molecule has 5 rings (SSSR count). The summed E-state index contributed by atoms with van der Waals surface area (Å²) in [4.78, 5) is 5.12. The Hall–Kier alpha value is -5.73. The van der Waals surface area contributed by atoms with Crippen molar-refractivity contribution in [2.24, 2.45) is 10.7 Å². The van der Waals surface area contributed by atoms with Gasteiger partial charge in [-0.1, -0.05) is 147 Å². The zero-order valence-corrected chi connectivity index (χ0v) is 28.3. The summed E-state index contributed by atoms with van der Waals surface area (Å²) in [5.74, 6) is 0. The van der Waals surface area contributed by atoms with Crippen molar-refractivity contribution in [3.63, 3.8) is 0 Å². The number of nitrogens with zero attached hydrogens (tertiary/aromatic N) is 1. The van der Waals surface area contributed by atoms with Crippen molar-refractivity contribution >= 4 is 33.3 Å². The molecule has 4 aromatic carbocycles. The molecule has 0 saturated heterocycles. The van der Waals surface area contributed by atoms with Gasteiger partial charge in [0.25, 0.3) is 0 Å². The number of aliphatic imine (C=N–C) groups is 1. The van der Waals surface area contributed by atoms with Crippen LogP contribution in [0.15, 0.2) is 192 Å². The molecule has 238 valence electrons. The Morgan fingerprint density at radius 2 is 1.38 bits per heavy atom. The molecule has 0 saturated carbocycles. The minimum atomic E-state index is 0.671. The van der Waals surface area contributed by atoms with Gasteiger partial charge in [0.1, 0.15) is 0 Å². The molecule has 0 radical (unpaired) electrons. The fourth-order valence-electron chi connectivity index (χ4n) is 5.83. The number of hydrogen-bond acceptors (Lipinski definition) is 2. The van der Waals surface area contributed by atoms with E-state index >= 15 is 0 Å². The number of benzene rings is 4. The summed E-state index contributed by atoms with van der Waals surface area (Å²) < 4.78 is 0. The average Bonchev–Trinajstić information content (AvgIpc) is 3.13. The van der Waals surface area contributed by atoms with Gasteiger partial charge in [0.15, 0.2) is 0 Å². The molecule has 0 unspecified atom stereocenters. The monoisotopic (exact) mass is 624 g/mol. The largest absolute Gasteiger partial charge is 0.398 e. The lowest BCUT2D eigenvalue weighted by atomic mass is 9.90. The van der Waals surface area contributed by atoms with Gasteiger partial charge in [0, 0.05) is 16.8 Å². The van der Waals surface area contributed by atoms with E-state index in [1.807, 2.05) is 43.3 Å². The van der Waals surface area contributed by atoms with E-state index in [9.17, 15) is 0 Å². The molecule has 0 heterocycles. The fraction of sp³-hybridized carbons (Fsp3) is 0.109. The number of allylic oxidation sites excluding steroid dienone is 12. The molecule has 2 nitrogen and oxygen atoms in total. The molecule has 0 fully saturated rings. The second-order valence-electron chi connectivity index (χ2n) is 12.2. The summed E-state index contributed by atoms with van der Waals surface area (Å²) >= 11 is 0. The molecule has 0 bridgehead atoms. The molecule has 4 aromatic rings. The van der Waals surface area contributed by atoms with E-state index in [2.05, 4.69) is 131 Å². The molecule has 0 atom stereocenters. The van der Waals surface area contributed by atoms with Crippen molar-refractivity contribution in [3.05, 3.63) is 210 Å². The van der Waals surface area contributed by atoms with Crippen LogP contribution in [-0.4, -0.2) is 5.71 Å². The molecule has 0 aromatic heterocycles. The molecule has 0 spiro atoms. The van der Waals surface area contributed by atoms with Crippen LogP contribution >= 0.6 is 0 Å². The SMILES string of the molecule is C=C/C=C\C(=C(C)C)/C(N)=C(\C)C(=NC(=C)c1ccc2cc(/C(=C\C(=C)c3ccccc3)C3=CCCC=C3)ccc2c1)c1ccccc1. The lowest BCUT2D eigenvalue weighted by Crippen LogP contribution is -2.13. The first kappa shape index (κ1) is 33.6. The van der Waals surface area contributed by atoms with Gasteiger partial charge >= 0.3 is 0 Å². The molecule has 2 heteroatoms. The van der Waals surface area contributed by atoms with Gasteiger partial charge in [0.05, 0.1) is 11.4 Å². The summed E-state index contributed by atoms with van der Waals surface area (Å²) in [6.45, 7) is 18.8. The molecule has 2 N–H and O–H groups in total. The Morgan fingerprint density at radius 1 is 0.750 bits per heavy atom. The highest BCUT2D eigenvalue weighted by atomic mass is 14.8. The van der Waals surface area contributed by atoms with Crippen molar-refractivity contribution in [2.45, 2.75) is 33.6 Å². The number of fused-ring (bicyclic) bond motifs is 1. The second kappa shape index (κ2) is 15.7. The van der Waals surface area contributed by atoms with Gasteiger partial charge in [0.2, 0.25) is 0 Å². The Morgan fingerprint density at radius 3 is 1.98 bits per heavy atom. The number of hydrogen-bond donors (Lipinski definition) is 1. The predicted octanol–water partition coefficient (Wildman–Crippen LogP) is 12.0. The van der Waals surface area contributed by atoms with Crippen LogP contribution in [0.25, 0.3) is 27.6 Å². The highest BCUT2D eigenvalue weighted by molar-refractivity contribution is 6.15. The number of nitrogens with two attached hydrogens (primary N) is 1. The van der Waals surface area contributed by atoms with Crippen molar-refractivity contribution in [1.82, 2.24) is 0 Å². The fourth-order valence-corrected chi connectivity index (χ4v) is 5.83. The maximum atomic E-state index is 6.79. The Kier molecular flexibility index (Phi) is 11.0. The van der Waals surface area contributed by atoms with E-state index in [0.717, 1.165) is 73.9 Å². The highest BCUT2D eigenvalue weighted by Gasteiger charge is 2.15. The van der Waals surface area contributed by atoms with E-state index in [1.165, 1.54) is 11.1 Å². The maximum absolute atomic E-state index is 6.79. The Bertz CT molecular complexity index is 2070. The first-order chi connectivity index (χ1) is 23.3. The van der Waals surface area contributed by atoms with E-state index in [1.54, 1.807) is 6.08 Å². The third-order valence-corrected chi connectivity index (χ3v) is 8.53. The summed E-state index contributed by atoms with van der Waals surface area (Å²) in [5.41, 5.74) is 19.5. The van der Waals surface area contributed by atoms with Crippen LogP contribution in [0.1, 0.15) is 55.9 Å². The van der Waals surface area contributed by atoms with Gasteiger partial charge in [-0.3, -0.25) is 0 Å². The van der Waals surface area contributed by atoms with Crippen molar-refractivity contribution < 1.29 is 0 Å². The zero-order valence-electron chi connectivity index (χ0n) is 28.3. The normalized spacial score (nSPS) is 14.0. The smallest absolute Gasteiger partial charge is 0.0759 e. The maximum Gasteiger partial charge on any atom is 0.0759 e. The third-order valence-electron chi connectivity index (χ3n) is 8.53. The summed E-state index contributed by atoms with van der Waals surface area (Å²) in [5, 5.41) is 2.27. The quantitative estimate of drug-likeness (QED) is 0.131. The van der Waals surface area contributed by atoms with Gasteiger partial charge in [-0.05, 0) is 102 Å². The van der Waals surface area contributed by atoms with E-state index in [-0.39, 0.29) is 0 Å². The Balaban J connectivity index is 1.54. The topological polar surface area (TPSA) is 38.4 Å². The Labute approximate surface area is 286 Å². The summed E-state index contributed by atoms with van der Waals surface area (Å²) in [6, 6.07) is 33.6. The lowest BCUT2D eigenvalue weighted by Gasteiger charge is -2.16. The van der Waals surface area contributed by atoms with Gasteiger partial charge in [-0.2, -0.15) is 0 Å². The first-order valence-corrected chi connectivity index (χ1v) is 16.4. The van der Waals surface area contributed by atoms with Crippen LogP contribution in [0.2, 0.25) is 0 Å². The second-order valence-corrected chi connectivity index (χ2v) is 12.2. The molecular formula is C46H44N2. The van der Waals surface area contributed by atoms with Crippen molar-refractivity contribution in [1.29, 1.82) is 0 Å². The van der Waals surface area contributed by atoms with Crippen molar-refractivity contribution in [2.75, 3.05) is 0 Å². The molecule has 1 aliphatic carbocycles. The lowest BCUT2D eigenvalue weighted by molar-refractivity contribution is 1.03. The van der Waals surface area contributed by atoms with Crippen molar-refractivity contribution in [3.8, 4) is 0 Å².